The van der Waals surface area contributed by atoms with Crippen LogP contribution >= 0.6 is 0 Å². The number of hydrogen-bond donors (Lipinski definition) is 2. The molecule has 9 nitrogen and oxygen atoms in total. The van der Waals surface area contributed by atoms with Gasteiger partial charge in [-0.15, -0.1) is 0 Å². The van der Waals surface area contributed by atoms with Gasteiger partial charge in [0.1, 0.15) is 18.0 Å². The molecular formula is C18H17N7O2S. The minimum absolute atomic E-state index is 0.133. The molecule has 0 saturated heterocycles. The van der Waals surface area contributed by atoms with Crippen LogP contribution in [0.5, 0.6) is 0 Å². The summed E-state index contributed by atoms with van der Waals surface area (Å²) in [6, 6.07) is 11.4. The van der Waals surface area contributed by atoms with Crippen LogP contribution in [0, 0.1) is 6.92 Å². The maximum atomic E-state index is 12.5. The normalized spacial score (nSPS) is 11.5. The van der Waals surface area contributed by atoms with E-state index in [0.29, 0.717) is 17.2 Å². The van der Waals surface area contributed by atoms with Gasteiger partial charge in [-0.05, 0) is 43.3 Å². The van der Waals surface area contributed by atoms with Gasteiger partial charge in [-0.25, -0.2) is 23.4 Å². The summed E-state index contributed by atoms with van der Waals surface area (Å²) in [5, 5.41) is 8.37. The molecule has 0 atom stereocenters. The minimum atomic E-state index is -3.72. The lowest BCUT2D eigenvalue weighted by Gasteiger charge is -2.09. The first-order valence-electron chi connectivity index (χ1n) is 8.39. The average molecular weight is 395 g/mol. The number of pyridine rings is 1. The number of benzene rings is 1. The van der Waals surface area contributed by atoms with Crippen molar-refractivity contribution in [1.29, 1.82) is 0 Å². The van der Waals surface area contributed by atoms with E-state index in [1.807, 2.05) is 14.0 Å². The second kappa shape index (κ2) is 6.89. The van der Waals surface area contributed by atoms with Crippen LogP contribution in [0.25, 0.3) is 11.0 Å². The second-order valence-corrected chi connectivity index (χ2v) is 7.78. The van der Waals surface area contributed by atoms with E-state index in [4.69, 9.17) is 0 Å². The monoisotopic (exact) mass is 395 g/mol. The fourth-order valence-corrected chi connectivity index (χ4v) is 3.85. The van der Waals surface area contributed by atoms with E-state index in [0.717, 1.165) is 11.1 Å². The molecule has 1 aromatic carbocycles. The summed E-state index contributed by atoms with van der Waals surface area (Å²) in [5.41, 5.74) is 2.22. The van der Waals surface area contributed by atoms with E-state index in [1.165, 1.54) is 24.7 Å². The Kier molecular flexibility index (Phi) is 4.40. The number of aromatic nitrogens is 5. The van der Waals surface area contributed by atoms with Crippen LogP contribution in [0.15, 0.2) is 59.9 Å². The molecule has 3 heterocycles. The van der Waals surface area contributed by atoms with Crippen LogP contribution in [-0.2, 0) is 17.1 Å². The molecule has 4 aromatic rings. The maximum Gasteiger partial charge on any atom is 0.263 e. The first-order chi connectivity index (χ1) is 13.4. The maximum absolute atomic E-state index is 12.5. The van der Waals surface area contributed by atoms with E-state index in [-0.39, 0.29) is 10.7 Å². The number of fused-ring (bicyclic) bond motifs is 1. The Morgan fingerprint density at radius 1 is 1.00 bits per heavy atom. The molecule has 0 aliphatic rings. The number of anilines is 3. The molecule has 0 radical (unpaired) electrons. The van der Waals surface area contributed by atoms with Gasteiger partial charge in [-0.3, -0.25) is 9.40 Å². The van der Waals surface area contributed by atoms with Crippen molar-refractivity contribution in [3.63, 3.8) is 0 Å². The summed E-state index contributed by atoms with van der Waals surface area (Å²) in [4.78, 5) is 12.6. The van der Waals surface area contributed by atoms with Crippen LogP contribution in [0.2, 0.25) is 0 Å². The number of nitrogens with zero attached hydrogens (tertiary/aromatic N) is 5. The molecule has 2 N–H and O–H groups in total. The Labute approximate surface area is 161 Å². The number of aryl methyl sites for hydroxylation is 2. The lowest BCUT2D eigenvalue weighted by Crippen LogP contribution is -2.13. The summed E-state index contributed by atoms with van der Waals surface area (Å²) in [7, 11) is -1.90. The summed E-state index contributed by atoms with van der Waals surface area (Å²) in [6.07, 6.45) is 2.98. The Hall–Kier alpha value is -3.53. The molecule has 3 aromatic heterocycles. The lowest BCUT2D eigenvalue weighted by molar-refractivity contribution is 0.601. The molecule has 0 aliphatic heterocycles. The molecule has 0 spiro atoms. The van der Waals surface area contributed by atoms with Crippen molar-refractivity contribution in [3.05, 3.63) is 60.7 Å². The molecular weight excluding hydrogens is 378 g/mol. The van der Waals surface area contributed by atoms with Crippen LogP contribution in [0.3, 0.4) is 0 Å². The van der Waals surface area contributed by atoms with Crippen LogP contribution in [0.1, 0.15) is 5.69 Å². The van der Waals surface area contributed by atoms with Crippen molar-refractivity contribution in [2.24, 2.45) is 7.05 Å². The molecule has 0 fully saturated rings. The van der Waals surface area contributed by atoms with Gasteiger partial charge >= 0.3 is 0 Å². The van der Waals surface area contributed by atoms with E-state index in [1.54, 1.807) is 35.0 Å². The number of nitrogens with one attached hydrogen (secondary N) is 2. The summed E-state index contributed by atoms with van der Waals surface area (Å²) < 4.78 is 29.1. The predicted octanol–water partition coefficient (Wildman–Crippen LogP) is 2.61. The smallest absolute Gasteiger partial charge is 0.263 e. The van der Waals surface area contributed by atoms with Gasteiger partial charge in [0.25, 0.3) is 10.0 Å². The molecule has 142 valence electrons. The SMILES string of the molecule is Cc1nn(C)c2ncnc(Nc3ccc(S(=O)(=O)Nc4ccccn4)cc3)c12. The molecule has 4 rings (SSSR count). The molecule has 0 saturated carbocycles. The number of sulfonamides is 1. The fourth-order valence-electron chi connectivity index (χ4n) is 2.85. The second-order valence-electron chi connectivity index (χ2n) is 6.10. The van der Waals surface area contributed by atoms with E-state index >= 15 is 0 Å². The van der Waals surface area contributed by atoms with Gasteiger partial charge in [0.2, 0.25) is 0 Å². The third-order valence-electron chi connectivity index (χ3n) is 4.13. The van der Waals surface area contributed by atoms with E-state index in [9.17, 15) is 8.42 Å². The van der Waals surface area contributed by atoms with E-state index in [2.05, 4.69) is 30.1 Å². The third-order valence-corrected chi connectivity index (χ3v) is 5.50. The third kappa shape index (κ3) is 3.37. The molecule has 0 unspecified atom stereocenters. The summed E-state index contributed by atoms with van der Waals surface area (Å²) >= 11 is 0. The van der Waals surface area contributed by atoms with Crippen molar-refractivity contribution in [1.82, 2.24) is 24.7 Å². The fraction of sp³-hybridized carbons (Fsp3) is 0.111. The molecule has 0 bridgehead atoms. The predicted molar refractivity (Wildman–Crippen MR) is 106 cm³/mol. The number of hydrogen-bond acceptors (Lipinski definition) is 7. The van der Waals surface area contributed by atoms with Crippen molar-refractivity contribution >= 4 is 38.4 Å². The quantitative estimate of drug-likeness (QED) is 0.534. The topological polar surface area (TPSA) is 115 Å². The largest absolute Gasteiger partial charge is 0.340 e. The Morgan fingerprint density at radius 2 is 1.79 bits per heavy atom. The highest BCUT2D eigenvalue weighted by Gasteiger charge is 2.16. The zero-order chi connectivity index (χ0) is 19.7. The van der Waals surface area contributed by atoms with Gasteiger partial charge in [-0.1, -0.05) is 6.07 Å². The molecule has 0 amide bonds. The van der Waals surface area contributed by atoms with Crippen LogP contribution in [0.4, 0.5) is 17.3 Å². The minimum Gasteiger partial charge on any atom is -0.340 e. The van der Waals surface area contributed by atoms with Gasteiger partial charge in [0.05, 0.1) is 16.0 Å². The average Bonchev–Trinajstić information content (AvgIpc) is 2.98. The highest BCUT2D eigenvalue weighted by Crippen LogP contribution is 2.26. The van der Waals surface area contributed by atoms with Crippen LogP contribution < -0.4 is 10.0 Å². The van der Waals surface area contributed by atoms with E-state index < -0.39 is 10.0 Å². The van der Waals surface area contributed by atoms with Gasteiger partial charge in [0, 0.05) is 18.9 Å². The first kappa shape index (κ1) is 17.9. The zero-order valence-electron chi connectivity index (χ0n) is 15.2. The number of rotatable bonds is 5. The van der Waals surface area contributed by atoms with Crippen molar-refractivity contribution in [2.45, 2.75) is 11.8 Å². The highest BCUT2D eigenvalue weighted by atomic mass is 32.2. The molecule has 28 heavy (non-hydrogen) atoms. The Balaban J connectivity index is 1.59. The first-order valence-corrected chi connectivity index (χ1v) is 9.87. The van der Waals surface area contributed by atoms with Gasteiger partial charge < -0.3 is 5.32 Å². The highest BCUT2D eigenvalue weighted by molar-refractivity contribution is 7.92. The lowest BCUT2D eigenvalue weighted by atomic mass is 10.2. The van der Waals surface area contributed by atoms with Gasteiger partial charge in [0.15, 0.2) is 5.65 Å². The molecule has 0 aliphatic carbocycles. The summed E-state index contributed by atoms with van der Waals surface area (Å²) in [5.74, 6) is 0.873. The van der Waals surface area contributed by atoms with Crippen molar-refractivity contribution in [3.8, 4) is 0 Å². The van der Waals surface area contributed by atoms with Crippen molar-refractivity contribution < 1.29 is 8.42 Å². The van der Waals surface area contributed by atoms with Crippen molar-refractivity contribution in [2.75, 3.05) is 10.0 Å². The Morgan fingerprint density at radius 3 is 2.50 bits per heavy atom. The zero-order valence-corrected chi connectivity index (χ0v) is 16.0. The summed E-state index contributed by atoms with van der Waals surface area (Å²) in [6.45, 7) is 1.88. The Bertz CT molecular complexity index is 1240. The molecule has 10 heteroatoms. The van der Waals surface area contributed by atoms with Crippen LogP contribution in [-0.4, -0.2) is 33.2 Å². The van der Waals surface area contributed by atoms with Gasteiger partial charge in [-0.2, -0.15) is 5.10 Å². The standard InChI is InChI=1S/C18H17N7O2S/c1-12-16-17(20-11-21-18(16)25(2)23-12)22-13-6-8-14(9-7-13)28(26,27)24-15-5-3-4-10-19-15/h3-11H,1-2H3,(H,19,24)(H,20,21,22).